The minimum atomic E-state index is -0.332. The molecule has 0 aliphatic heterocycles. The lowest BCUT2D eigenvalue weighted by atomic mass is 10.2. The molecule has 0 saturated heterocycles. The second kappa shape index (κ2) is 4.61. The van der Waals surface area contributed by atoms with Crippen molar-refractivity contribution in [3.63, 3.8) is 0 Å². The van der Waals surface area contributed by atoms with Crippen LogP contribution in [0.2, 0.25) is 0 Å². The molecule has 2 rings (SSSR count). The third kappa shape index (κ3) is 2.57. The first-order chi connectivity index (χ1) is 8.16. The minimum Gasteiger partial charge on any atom is -0.504 e. The predicted octanol–water partition coefficient (Wildman–Crippen LogP) is 1.62. The average Bonchev–Trinajstić information content (AvgIpc) is 2.82. The SMILES string of the molecule is O=C(NCc1ccoc1)c1ccc(O)c(O)c1. The van der Waals surface area contributed by atoms with Gasteiger partial charge in [-0.1, -0.05) is 0 Å². The summed E-state index contributed by atoms with van der Waals surface area (Å²) in [4.78, 5) is 11.7. The molecule has 0 bridgehead atoms. The fourth-order valence-corrected chi connectivity index (χ4v) is 1.34. The molecule has 0 radical (unpaired) electrons. The van der Waals surface area contributed by atoms with Crippen molar-refractivity contribution in [2.45, 2.75) is 6.54 Å². The van der Waals surface area contributed by atoms with E-state index >= 15 is 0 Å². The molecule has 5 heteroatoms. The van der Waals surface area contributed by atoms with Crippen LogP contribution in [0.4, 0.5) is 0 Å². The van der Waals surface area contributed by atoms with E-state index in [0.29, 0.717) is 6.54 Å². The highest BCUT2D eigenvalue weighted by atomic mass is 16.3. The van der Waals surface area contributed by atoms with Crippen molar-refractivity contribution in [1.82, 2.24) is 5.32 Å². The summed E-state index contributed by atoms with van der Waals surface area (Å²) in [6, 6.07) is 5.65. The maximum atomic E-state index is 11.7. The van der Waals surface area contributed by atoms with Gasteiger partial charge >= 0.3 is 0 Å². The number of carbonyl (C=O) groups excluding carboxylic acids is 1. The van der Waals surface area contributed by atoms with Gasteiger partial charge in [0.05, 0.1) is 12.5 Å². The summed E-state index contributed by atoms with van der Waals surface area (Å²) in [6.45, 7) is 0.344. The number of phenols is 2. The van der Waals surface area contributed by atoms with Crippen molar-refractivity contribution in [2.75, 3.05) is 0 Å². The van der Waals surface area contributed by atoms with Crippen LogP contribution in [-0.2, 0) is 6.54 Å². The number of rotatable bonds is 3. The molecule has 1 amide bonds. The highest BCUT2D eigenvalue weighted by molar-refractivity contribution is 5.94. The molecular formula is C12H11NO4. The van der Waals surface area contributed by atoms with E-state index in [9.17, 15) is 9.90 Å². The summed E-state index contributed by atoms with van der Waals surface area (Å²) in [5.74, 6) is -0.904. The van der Waals surface area contributed by atoms with Crippen LogP contribution in [0.1, 0.15) is 15.9 Å². The van der Waals surface area contributed by atoms with Crippen LogP contribution in [0.3, 0.4) is 0 Å². The molecule has 1 aromatic heterocycles. The molecule has 0 atom stereocenters. The number of furan rings is 1. The molecule has 3 N–H and O–H groups in total. The lowest BCUT2D eigenvalue weighted by molar-refractivity contribution is 0.0950. The van der Waals surface area contributed by atoms with E-state index in [1.54, 1.807) is 6.07 Å². The van der Waals surface area contributed by atoms with Crippen molar-refractivity contribution < 1.29 is 19.4 Å². The minimum absolute atomic E-state index is 0.253. The average molecular weight is 233 g/mol. The first kappa shape index (κ1) is 11.1. The molecule has 0 fully saturated rings. The second-order valence-corrected chi connectivity index (χ2v) is 3.52. The van der Waals surface area contributed by atoms with Crippen molar-refractivity contribution in [1.29, 1.82) is 0 Å². The first-order valence-electron chi connectivity index (χ1n) is 4.98. The van der Waals surface area contributed by atoms with Crippen LogP contribution in [0.25, 0.3) is 0 Å². The van der Waals surface area contributed by atoms with Gasteiger partial charge in [-0.05, 0) is 24.3 Å². The molecule has 1 heterocycles. The molecule has 1 aromatic carbocycles. The van der Waals surface area contributed by atoms with Gasteiger partial charge in [-0.3, -0.25) is 4.79 Å². The smallest absolute Gasteiger partial charge is 0.251 e. The Kier molecular flexibility index (Phi) is 3.00. The highest BCUT2D eigenvalue weighted by Crippen LogP contribution is 2.24. The van der Waals surface area contributed by atoms with Gasteiger partial charge in [0.15, 0.2) is 11.5 Å². The fourth-order valence-electron chi connectivity index (χ4n) is 1.34. The monoisotopic (exact) mass is 233 g/mol. The molecule has 0 spiro atoms. The lowest BCUT2D eigenvalue weighted by Crippen LogP contribution is -2.22. The van der Waals surface area contributed by atoms with Crippen molar-refractivity contribution in [3.05, 3.63) is 47.9 Å². The second-order valence-electron chi connectivity index (χ2n) is 3.52. The van der Waals surface area contributed by atoms with Crippen molar-refractivity contribution in [3.8, 4) is 11.5 Å². The van der Waals surface area contributed by atoms with Crippen LogP contribution >= 0.6 is 0 Å². The molecule has 0 aliphatic carbocycles. The molecule has 88 valence electrons. The normalized spacial score (nSPS) is 10.1. The Morgan fingerprint density at radius 1 is 1.24 bits per heavy atom. The van der Waals surface area contributed by atoms with Crippen LogP contribution < -0.4 is 5.32 Å². The fraction of sp³-hybridized carbons (Fsp3) is 0.0833. The molecule has 0 saturated carbocycles. The Hall–Kier alpha value is -2.43. The van der Waals surface area contributed by atoms with E-state index in [1.807, 2.05) is 0 Å². The van der Waals surface area contributed by atoms with E-state index < -0.39 is 0 Å². The molecule has 2 aromatic rings. The zero-order valence-electron chi connectivity index (χ0n) is 8.88. The maximum Gasteiger partial charge on any atom is 0.251 e. The number of benzene rings is 1. The van der Waals surface area contributed by atoms with Gasteiger partial charge in [0, 0.05) is 17.7 Å². The van der Waals surface area contributed by atoms with Crippen LogP contribution in [0.15, 0.2) is 41.2 Å². The Labute approximate surface area is 97.3 Å². The maximum absolute atomic E-state index is 11.7. The van der Waals surface area contributed by atoms with Gasteiger partial charge in [-0.25, -0.2) is 0 Å². The number of carbonyl (C=O) groups is 1. The Morgan fingerprint density at radius 2 is 2.06 bits per heavy atom. The van der Waals surface area contributed by atoms with E-state index in [1.165, 1.54) is 30.7 Å². The summed E-state index contributed by atoms with van der Waals surface area (Å²) >= 11 is 0. The number of hydrogen-bond donors (Lipinski definition) is 3. The number of aromatic hydroxyl groups is 2. The van der Waals surface area contributed by atoms with E-state index in [2.05, 4.69) is 5.32 Å². The summed E-state index contributed by atoms with van der Waals surface area (Å²) in [6.07, 6.45) is 3.06. The summed E-state index contributed by atoms with van der Waals surface area (Å²) in [5.41, 5.74) is 1.13. The molecular weight excluding hydrogens is 222 g/mol. The lowest BCUT2D eigenvalue weighted by Gasteiger charge is -2.04. The van der Waals surface area contributed by atoms with E-state index in [4.69, 9.17) is 9.52 Å². The molecule has 5 nitrogen and oxygen atoms in total. The van der Waals surface area contributed by atoms with Crippen molar-refractivity contribution >= 4 is 5.91 Å². The topological polar surface area (TPSA) is 82.7 Å². The molecule has 17 heavy (non-hydrogen) atoms. The van der Waals surface area contributed by atoms with Gasteiger partial charge in [0.2, 0.25) is 0 Å². The third-order valence-corrected chi connectivity index (χ3v) is 2.27. The Bertz CT molecular complexity index is 519. The number of phenolic OH excluding ortho intramolecular Hbond substituents is 2. The Morgan fingerprint density at radius 3 is 2.71 bits per heavy atom. The van der Waals surface area contributed by atoms with Crippen LogP contribution in [0, 0.1) is 0 Å². The zero-order chi connectivity index (χ0) is 12.3. The number of nitrogens with one attached hydrogen (secondary N) is 1. The van der Waals surface area contributed by atoms with Gasteiger partial charge in [0.25, 0.3) is 5.91 Å². The summed E-state index contributed by atoms with van der Waals surface area (Å²) in [7, 11) is 0. The quantitative estimate of drug-likeness (QED) is 0.703. The highest BCUT2D eigenvalue weighted by Gasteiger charge is 2.08. The third-order valence-electron chi connectivity index (χ3n) is 2.27. The van der Waals surface area contributed by atoms with E-state index in [-0.39, 0.29) is 23.0 Å². The number of hydrogen-bond acceptors (Lipinski definition) is 4. The zero-order valence-corrected chi connectivity index (χ0v) is 8.88. The Balaban J connectivity index is 2.02. The predicted molar refractivity (Wildman–Crippen MR) is 59.6 cm³/mol. The van der Waals surface area contributed by atoms with Gasteiger partial charge in [-0.2, -0.15) is 0 Å². The van der Waals surface area contributed by atoms with Gasteiger partial charge < -0.3 is 19.9 Å². The van der Waals surface area contributed by atoms with Crippen LogP contribution in [-0.4, -0.2) is 16.1 Å². The molecule has 0 aliphatic rings. The largest absolute Gasteiger partial charge is 0.504 e. The van der Waals surface area contributed by atoms with Gasteiger partial charge in [-0.15, -0.1) is 0 Å². The van der Waals surface area contributed by atoms with E-state index in [0.717, 1.165) is 5.56 Å². The van der Waals surface area contributed by atoms with Crippen LogP contribution in [0.5, 0.6) is 11.5 Å². The summed E-state index contributed by atoms with van der Waals surface area (Å²) in [5, 5.41) is 21.0. The standard InChI is InChI=1S/C12H11NO4/c14-10-2-1-9(5-11(10)15)12(16)13-6-8-3-4-17-7-8/h1-5,7,14-15H,6H2,(H,13,16). The summed E-state index contributed by atoms with van der Waals surface area (Å²) < 4.78 is 4.86. The van der Waals surface area contributed by atoms with Crippen molar-refractivity contribution in [2.24, 2.45) is 0 Å². The van der Waals surface area contributed by atoms with Gasteiger partial charge in [0.1, 0.15) is 0 Å². The number of amides is 1. The molecule has 0 unspecified atom stereocenters. The first-order valence-corrected chi connectivity index (χ1v) is 4.98.